The van der Waals surface area contributed by atoms with Gasteiger partial charge in [-0.1, -0.05) is 61.5 Å². The lowest BCUT2D eigenvalue weighted by Gasteiger charge is -2.73. The fraction of sp³-hybridized carbons (Fsp3) is 0.543. The summed E-state index contributed by atoms with van der Waals surface area (Å²) in [5.74, 6) is 1.35. The molecule has 4 nitrogen and oxygen atoms in total. The SMILES string of the molecule is [C-]#[N+]C([N+]#[C-])=C1C=C(C)OC(/C=C/c2cc3c4c(c2)C(C)(C)C(C)(C)C(C)(C)N4C(C)(C)C(C)(C)C3(C)C)=C1. The first kappa shape index (κ1) is 28.8. The standard InChI is InChI=1S/C35H45N3O/c1-22-18-24(29(36-14)37-15)21-25(39-22)17-16-23-19-26-28-27(20-23)31(4,5)33(8,9)35(12,13)38(28)34(10,11)32(6,7)30(26,2)3/h16-21H,1-13H3/b17-16+. The Kier molecular flexibility index (Phi) is 6.18. The molecule has 4 heteroatoms. The third-order valence-corrected chi connectivity index (χ3v) is 11.9. The summed E-state index contributed by atoms with van der Waals surface area (Å²) in [5, 5.41) is 0. The fourth-order valence-corrected chi connectivity index (χ4v) is 7.17. The van der Waals surface area contributed by atoms with Crippen LogP contribution in [0.15, 0.2) is 53.3 Å². The highest BCUT2D eigenvalue weighted by Gasteiger charge is 2.66. The van der Waals surface area contributed by atoms with Crippen LogP contribution in [0, 0.1) is 24.0 Å². The monoisotopic (exact) mass is 523 g/mol. The molecule has 4 rings (SSSR count). The molecule has 0 radical (unpaired) electrons. The first-order valence-electron chi connectivity index (χ1n) is 13.9. The number of hydrogen-bond acceptors (Lipinski definition) is 2. The van der Waals surface area contributed by atoms with Gasteiger partial charge in [-0.2, -0.15) is 9.69 Å². The van der Waals surface area contributed by atoms with E-state index >= 15 is 0 Å². The van der Waals surface area contributed by atoms with Crippen molar-refractivity contribution in [3.05, 3.63) is 92.8 Å². The molecule has 39 heavy (non-hydrogen) atoms. The molecule has 0 N–H and O–H groups in total. The molecule has 0 unspecified atom stereocenters. The van der Waals surface area contributed by atoms with Crippen LogP contribution in [0.2, 0.25) is 0 Å². The smallest absolute Gasteiger partial charge is 0.462 e. The summed E-state index contributed by atoms with van der Waals surface area (Å²) in [4.78, 5) is 9.53. The van der Waals surface area contributed by atoms with Crippen LogP contribution < -0.4 is 4.90 Å². The summed E-state index contributed by atoms with van der Waals surface area (Å²) in [5.41, 5.74) is 5.54. The maximum Gasteiger partial charge on any atom is 0.526 e. The molecular formula is C35H45N3O. The number of ether oxygens (including phenoxy) is 1. The van der Waals surface area contributed by atoms with Crippen LogP contribution in [0.4, 0.5) is 5.69 Å². The van der Waals surface area contributed by atoms with Crippen molar-refractivity contribution >= 4 is 11.8 Å². The van der Waals surface area contributed by atoms with Crippen molar-refractivity contribution in [2.75, 3.05) is 4.90 Å². The van der Waals surface area contributed by atoms with Crippen molar-refractivity contribution in [2.24, 2.45) is 10.8 Å². The van der Waals surface area contributed by atoms with Crippen LogP contribution in [0.25, 0.3) is 15.8 Å². The lowest BCUT2D eigenvalue weighted by Crippen LogP contribution is -2.76. The van der Waals surface area contributed by atoms with Crippen molar-refractivity contribution < 1.29 is 4.74 Å². The zero-order chi connectivity index (χ0) is 29.6. The minimum Gasteiger partial charge on any atom is -0.462 e. The summed E-state index contributed by atoms with van der Waals surface area (Å²) in [7, 11) is 0. The summed E-state index contributed by atoms with van der Waals surface area (Å²) in [6.45, 7) is 45.6. The van der Waals surface area contributed by atoms with Crippen molar-refractivity contribution in [1.82, 2.24) is 0 Å². The summed E-state index contributed by atoms with van der Waals surface area (Å²) < 4.78 is 5.96. The van der Waals surface area contributed by atoms with E-state index in [0.29, 0.717) is 17.1 Å². The van der Waals surface area contributed by atoms with E-state index in [9.17, 15) is 0 Å². The highest BCUT2D eigenvalue weighted by atomic mass is 16.5. The molecule has 3 aliphatic heterocycles. The Morgan fingerprint density at radius 2 is 1.21 bits per heavy atom. The van der Waals surface area contributed by atoms with Gasteiger partial charge in [0.25, 0.3) is 0 Å². The van der Waals surface area contributed by atoms with Crippen LogP contribution in [0.3, 0.4) is 0 Å². The normalized spacial score (nSPS) is 24.5. The Bertz CT molecular complexity index is 1380. The van der Waals surface area contributed by atoms with Crippen LogP contribution in [-0.2, 0) is 15.6 Å². The van der Waals surface area contributed by atoms with Gasteiger partial charge in [-0.15, -0.1) is 0 Å². The summed E-state index contributed by atoms with van der Waals surface area (Å²) in [6.07, 6.45) is 7.61. The van der Waals surface area contributed by atoms with E-state index in [4.69, 9.17) is 17.9 Å². The van der Waals surface area contributed by atoms with Crippen molar-refractivity contribution in [3.63, 3.8) is 0 Å². The quantitative estimate of drug-likeness (QED) is 0.360. The molecule has 0 fully saturated rings. The Balaban J connectivity index is 1.99. The molecule has 0 amide bonds. The van der Waals surface area contributed by atoms with E-state index in [1.54, 1.807) is 12.2 Å². The van der Waals surface area contributed by atoms with Crippen molar-refractivity contribution in [2.45, 2.75) is 112 Å². The number of rotatable bonds is 2. The fourth-order valence-electron chi connectivity index (χ4n) is 7.17. The second kappa shape index (κ2) is 8.38. The summed E-state index contributed by atoms with van der Waals surface area (Å²) in [6, 6.07) is 4.74. The Morgan fingerprint density at radius 1 is 0.744 bits per heavy atom. The second-order valence-corrected chi connectivity index (χ2v) is 14.7. The van der Waals surface area contributed by atoms with Gasteiger partial charge in [-0.3, -0.25) is 0 Å². The number of benzene rings is 1. The molecule has 3 aliphatic rings. The Hall–Kier alpha value is -3.24. The number of allylic oxidation sites excluding steroid dienone is 5. The van der Waals surface area contributed by atoms with Gasteiger partial charge >= 0.3 is 5.82 Å². The predicted molar refractivity (Wildman–Crippen MR) is 163 cm³/mol. The molecule has 0 saturated carbocycles. The molecule has 0 saturated heterocycles. The van der Waals surface area contributed by atoms with E-state index in [0.717, 1.165) is 5.56 Å². The third kappa shape index (κ3) is 3.60. The first-order valence-corrected chi connectivity index (χ1v) is 13.9. The van der Waals surface area contributed by atoms with E-state index in [1.807, 2.05) is 13.0 Å². The molecular weight excluding hydrogens is 478 g/mol. The number of hydrogen-bond donors (Lipinski definition) is 0. The molecule has 0 aliphatic carbocycles. The van der Waals surface area contributed by atoms with Crippen LogP contribution in [-0.4, -0.2) is 11.1 Å². The van der Waals surface area contributed by atoms with Crippen molar-refractivity contribution in [3.8, 4) is 0 Å². The molecule has 0 bridgehead atoms. The average Bonchev–Trinajstić information content (AvgIpc) is 2.81. The highest BCUT2D eigenvalue weighted by Crippen LogP contribution is 2.68. The molecule has 1 aromatic carbocycles. The van der Waals surface area contributed by atoms with E-state index in [2.05, 4.69) is 116 Å². The second-order valence-electron chi connectivity index (χ2n) is 14.7. The topological polar surface area (TPSA) is 21.2 Å². The Morgan fingerprint density at radius 3 is 1.64 bits per heavy atom. The van der Waals surface area contributed by atoms with Gasteiger partial charge in [-0.05, 0) is 103 Å². The Labute approximate surface area is 236 Å². The average molecular weight is 524 g/mol. The maximum absolute atomic E-state index is 7.35. The van der Waals surface area contributed by atoms with E-state index < -0.39 is 0 Å². The van der Waals surface area contributed by atoms with Gasteiger partial charge in [0.1, 0.15) is 24.7 Å². The number of nitrogens with zero attached hydrogens (tertiary/aromatic N) is 3. The zero-order valence-corrected chi connectivity index (χ0v) is 26.2. The van der Waals surface area contributed by atoms with Gasteiger partial charge in [0.05, 0.1) is 5.57 Å². The number of anilines is 1. The largest absolute Gasteiger partial charge is 0.526 e. The minimum absolute atomic E-state index is 0.0199. The van der Waals surface area contributed by atoms with Gasteiger partial charge in [0.15, 0.2) is 0 Å². The molecule has 206 valence electrons. The zero-order valence-electron chi connectivity index (χ0n) is 26.2. The van der Waals surface area contributed by atoms with Gasteiger partial charge in [0.2, 0.25) is 0 Å². The molecule has 1 aromatic rings. The highest BCUT2D eigenvalue weighted by molar-refractivity contribution is 5.76. The van der Waals surface area contributed by atoms with Crippen molar-refractivity contribution in [1.29, 1.82) is 0 Å². The minimum atomic E-state index is -0.0796. The molecule has 3 heterocycles. The molecule has 0 spiro atoms. The van der Waals surface area contributed by atoms with Gasteiger partial charge in [-0.25, -0.2) is 0 Å². The summed E-state index contributed by atoms with van der Waals surface area (Å²) >= 11 is 0. The first-order chi connectivity index (χ1) is 17.7. The van der Waals surface area contributed by atoms with E-state index in [1.165, 1.54) is 16.8 Å². The van der Waals surface area contributed by atoms with E-state index in [-0.39, 0.29) is 38.6 Å². The third-order valence-electron chi connectivity index (χ3n) is 11.9. The van der Waals surface area contributed by atoms with Gasteiger partial charge in [0, 0.05) is 16.8 Å². The lowest BCUT2D eigenvalue weighted by atomic mass is 9.46. The molecule has 0 atom stereocenters. The van der Waals surface area contributed by atoms with Crippen LogP contribution in [0.1, 0.15) is 107 Å². The van der Waals surface area contributed by atoms with Gasteiger partial charge < -0.3 is 9.64 Å². The van der Waals surface area contributed by atoms with Crippen LogP contribution >= 0.6 is 0 Å². The predicted octanol–water partition coefficient (Wildman–Crippen LogP) is 9.57. The van der Waals surface area contributed by atoms with Crippen LogP contribution in [0.5, 0.6) is 0 Å². The maximum atomic E-state index is 7.35. The lowest BCUT2D eigenvalue weighted by molar-refractivity contribution is 0.000834. The molecule has 0 aromatic heterocycles.